The van der Waals surface area contributed by atoms with Gasteiger partial charge < -0.3 is 4.57 Å². The summed E-state index contributed by atoms with van der Waals surface area (Å²) in [5.74, 6) is -1.81. The van der Waals surface area contributed by atoms with E-state index in [0.29, 0.717) is 0 Å². The number of benzene rings is 2. The maximum Gasteiger partial charge on any atom is 0.449 e. The van der Waals surface area contributed by atoms with Gasteiger partial charge in [-0.3, -0.25) is 4.79 Å². The third-order valence-electron chi connectivity index (χ3n) is 3.46. The number of rotatable bonds is 4. The van der Waals surface area contributed by atoms with E-state index in [4.69, 9.17) is 0 Å². The van der Waals surface area contributed by atoms with E-state index in [0.717, 1.165) is 14.6 Å². The van der Waals surface area contributed by atoms with Crippen molar-refractivity contribution in [2.45, 2.75) is 12.7 Å². The van der Waals surface area contributed by atoms with Crippen molar-refractivity contribution >= 4 is 39.1 Å². The van der Waals surface area contributed by atoms with Crippen LogP contribution in [0.3, 0.4) is 0 Å². The molecule has 134 valence electrons. The molecule has 0 aliphatic heterocycles. The quantitative estimate of drug-likeness (QED) is 0.508. The lowest BCUT2D eigenvalue weighted by atomic mass is 10.2. The molecule has 3 rings (SSSR count). The summed E-state index contributed by atoms with van der Waals surface area (Å²) in [6.07, 6.45) is -3.27. The first-order valence-electron chi connectivity index (χ1n) is 7.44. The highest BCUT2D eigenvalue weighted by Crippen LogP contribution is 2.31. The van der Waals surface area contributed by atoms with Crippen LogP contribution in [0.5, 0.6) is 0 Å². The molecule has 0 unspecified atom stereocenters. The molecule has 1 heterocycles. The molecule has 2 aromatic carbocycles. The maximum atomic E-state index is 13.2. The Labute approximate surface area is 154 Å². The average Bonchev–Trinajstić information content (AvgIpc) is 2.94. The van der Waals surface area contributed by atoms with E-state index in [1.54, 1.807) is 30.3 Å². The summed E-state index contributed by atoms with van der Waals surface area (Å²) in [5.41, 5.74) is 3.36. The summed E-state index contributed by atoms with van der Waals surface area (Å²) in [4.78, 5) is 15.6. The van der Waals surface area contributed by atoms with Crippen molar-refractivity contribution in [3.05, 3.63) is 64.4 Å². The summed E-state index contributed by atoms with van der Waals surface area (Å²) in [7, 11) is 0. The van der Waals surface area contributed by atoms with Crippen molar-refractivity contribution in [3.8, 4) is 0 Å². The van der Waals surface area contributed by atoms with Crippen LogP contribution in [0.15, 0.2) is 58.1 Å². The zero-order valence-electron chi connectivity index (χ0n) is 13.2. The fourth-order valence-corrected chi connectivity index (χ4v) is 2.81. The van der Waals surface area contributed by atoms with Crippen LogP contribution in [0, 0.1) is 0 Å². The van der Waals surface area contributed by atoms with E-state index in [1.807, 2.05) is 6.07 Å². The number of nitrogens with one attached hydrogen (secondary N) is 1. The van der Waals surface area contributed by atoms with E-state index < -0.39 is 24.5 Å². The zero-order valence-corrected chi connectivity index (χ0v) is 14.8. The van der Waals surface area contributed by atoms with Crippen molar-refractivity contribution in [2.24, 2.45) is 5.10 Å². The highest BCUT2D eigenvalue weighted by Gasteiger charge is 2.37. The second kappa shape index (κ2) is 7.28. The number of halogens is 4. The predicted octanol–water partition coefficient (Wildman–Crippen LogP) is 3.97. The largest absolute Gasteiger partial charge is 0.449 e. The molecule has 0 aliphatic carbocycles. The molecule has 26 heavy (non-hydrogen) atoms. The lowest BCUT2D eigenvalue weighted by Gasteiger charge is -2.10. The third-order valence-corrected chi connectivity index (χ3v) is 3.95. The zero-order chi connectivity index (χ0) is 18.7. The number of nitrogens with zero attached hydrogens (tertiary/aromatic N) is 3. The monoisotopic (exact) mass is 424 g/mol. The van der Waals surface area contributed by atoms with Crippen molar-refractivity contribution < 1.29 is 18.0 Å². The van der Waals surface area contributed by atoms with Gasteiger partial charge in [0.25, 0.3) is 5.91 Å². The molecular formula is C17H12BrF3N4O. The Hall–Kier alpha value is -2.68. The van der Waals surface area contributed by atoms with Gasteiger partial charge in [-0.05, 0) is 29.8 Å². The van der Waals surface area contributed by atoms with Gasteiger partial charge in [-0.2, -0.15) is 18.3 Å². The molecule has 0 fully saturated rings. The molecule has 0 saturated carbocycles. The predicted molar refractivity (Wildman–Crippen MR) is 94.6 cm³/mol. The van der Waals surface area contributed by atoms with Gasteiger partial charge in [-0.15, -0.1) is 0 Å². The normalized spacial score (nSPS) is 12.0. The van der Waals surface area contributed by atoms with Crippen LogP contribution in [0.25, 0.3) is 11.0 Å². The number of alkyl halides is 3. The Kier molecular flexibility index (Phi) is 5.08. The lowest BCUT2D eigenvalue weighted by molar-refractivity contribution is -0.147. The Balaban J connectivity index is 1.79. The van der Waals surface area contributed by atoms with Gasteiger partial charge >= 0.3 is 6.18 Å². The Morgan fingerprint density at radius 1 is 1.23 bits per heavy atom. The van der Waals surface area contributed by atoms with Crippen LogP contribution >= 0.6 is 15.9 Å². The standard InChI is InChI=1S/C17H12BrF3N4O/c18-12-5-3-4-11(8-12)9-22-24-15(26)10-25-14-7-2-1-6-13(14)23-16(25)17(19,20)21/h1-9H,10H2,(H,24,26). The SMILES string of the molecule is O=C(Cn1c(C(F)(F)F)nc2ccccc21)NN=Cc1cccc(Br)c1. The Bertz CT molecular complexity index is 982. The van der Waals surface area contributed by atoms with Crippen LogP contribution in [0.2, 0.25) is 0 Å². The Morgan fingerprint density at radius 3 is 2.73 bits per heavy atom. The lowest BCUT2D eigenvalue weighted by Crippen LogP contribution is -2.26. The third kappa shape index (κ3) is 4.10. The molecule has 5 nitrogen and oxygen atoms in total. The number of para-hydroxylation sites is 2. The molecule has 3 aromatic rings. The number of fused-ring (bicyclic) bond motifs is 1. The smallest absolute Gasteiger partial charge is 0.311 e. The van der Waals surface area contributed by atoms with E-state index >= 15 is 0 Å². The fourth-order valence-electron chi connectivity index (χ4n) is 2.40. The van der Waals surface area contributed by atoms with Gasteiger partial charge in [0.1, 0.15) is 6.54 Å². The van der Waals surface area contributed by atoms with Crippen molar-refractivity contribution in [1.29, 1.82) is 0 Å². The van der Waals surface area contributed by atoms with Crippen molar-refractivity contribution in [2.75, 3.05) is 0 Å². The summed E-state index contributed by atoms with van der Waals surface area (Å²) in [6.45, 7) is -0.550. The van der Waals surface area contributed by atoms with Crippen LogP contribution < -0.4 is 5.43 Å². The number of carbonyl (C=O) groups is 1. The fraction of sp³-hybridized carbons (Fsp3) is 0.118. The molecule has 0 atom stereocenters. The van der Waals surface area contributed by atoms with Gasteiger partial charge in [0.2, 0.25) is 5.82 Å². The summed E-state index contributed by atoms with van der Waals surface area (Å²) < 4.78 is 41.3. The molecule has 1 amide bonds. The highest BCUT2D eigenvalue weighted by atomic mass is 79.9. The van der Waals surface area contributed by atoms with Gasteiger partial charge in [-0.25, -0.2) is 10.4 Å². The number of aromatic nitrogens is 2. The van der Waals surface area contributed by atoms with E-state index in [-0.39, 0.29) is 11.0 Å². The number of carbonyl (C=O) groups excluding carboxylic acids is 1. The van der Waals surface area contributed by atoms with Gasteiger partial charge in [0.15, 0.2) is 0 Å². The van der Waals surface area contributed by atoms with E-state index in [1.165, 1.54) is 18.3 Å². The minimum atomic E-state index is -4.67. The van der Waals surface area contributed by atoms with Crippen molar-refractivity contribution in [3.63, 3.8) is 0 Å². The van der Waals surface area contributed by atoms with E-state index in [2.05, 4.69) is 31.4 Å². The van der Waals surface area contributed by atoms with E-state index in [9.17, 15) is 18.0 Å². The molecular weight excluding hydrogens is 413 g/mol. The van der Waals surface area contributed by atoms with Crippen LogP contribution in [0.1, 0.15) is 11.4 Å². The first kappa shape index (κ1) is 18.1. The number of hydrogen-bond donors (Lipinski definition) is 1. The summed E-state index contributed by atoms with van der Waals surface area (Å²) >= 11 is 3.31. The molecule has 0 bridgehead atoms. The van der Waals surface area contributed by atoms with Crippen LogP contribution in [-0.4, -0.2) is 21.7 Å². The molecule has 9 heteroatoms. The molecule has 0 spiro atoms. The minimum Gasteiger partial charge on any atom is -0.311 e. The van der Waals surface area contributed by atoms with Crippen LogP contribution in [-0.2, 0) is 17.5 Å². The number of amides is 1. The molecule has 0 aliphatic rings. The number of imidazole rings is 1. The average molecular weight is 425 g/mol. The van der Waals surface area contributed by atoms with Gasteiger partial charge in [-0.1, -0.05) is 40.2 Å². The maximum absolute atomic E-state index is 13.2. The Morgan fingerprint density at radius 2 is 2.00 bits per heavy atom. The van der Waals surface area contributed by atoms with Crippen molar-refractivity contribution in [1.82, 2.24) is 15.0 Å². The first-order valence-corrected chi connectivity index (χ1v) is 8.24. The second-order valence-corrected chi connectivity index (χ2v) is 6.27. The topological polar surface area (TPSA) is 59.3 Å². The summed E-state index contributed by atoms with van der Waals surface area (Å²) in [6, 6.07) is 13.3. The molecule has 0 saturated heterocycles. The molecule has 0 radical (unpaired) electrons. The highest BCUT2D eigenvalue weighted by molar-refractivity contribution is 9.10. The van der Waals surface area contributed by atoms with Gasteiger partial charge in [0, 0.05) is 4.47 Å². The first-order chi connectivity index (χ1) is 12.3. The molecule has 1 aromatic heterocycles. The molecule has 1 N–H and O–H groups in total. The number of hydrazone groups is 1. The van der Waals surface area contributed by atoms with Gasteiger partial charge in [0.05, 0.1) is 17.2 Å². The number of hydrogen-bond acceptors (Lipinski definition) is 3. The minimum absolute atomic E-state index is 0.172. The second-order valence-electron chi connectivity index (χ2n) is 5.36. The van der Waals surface area contributed by atoms with Crippen LogP contribution in [0.4, 0.5) is 13.2 Å². The summed E-state index contributed by atoms with van der Waals surface area (Å²) in [5, 5.41) is 3.77.